The zero-order valence-electron chi connectivity index (χ0n) is 24.5. The van der Waals surface area contributed by atoms with Crippen LogP contribution in [-0.2, 0) is 14.4 Å². The lowest BCUT2D eigenvalue weighted by Gasteiger charge is -2.43. The predicted octanol–water partition coefficient (Wildman–Crippen LogP) is 5.90. The van der Waals surface area contributed by atoms with Crippen LogP contribution >= 0.6 is 39.0 Å². The van der Waals surface area contributed by atoms with Crippen LogP contribution in [0.15, 0.2) is 87.1 Å². The van der Waals surface area contributed by atoms with E-state index in [4.69, 9.17) is 9.47 Å². The number of aromatic nitrogens is 1. The van der Waals surface area contributed by atoms with Crippen LogP contribution in [0.5, 0.6) is 11.5 Å². The fraction of sp³-hybridized carbons (Fsp3) is 0.294. The number of anilines is 2. The summed E-state index contributed by atoms with van der Waals surface area (Å²) in [6.45, 7) is -0.198. The molecule has 3 amide bonds. The third kappa shape index (κ3) is 4.72. The summed E-state index contributed by atoms with van der Waals surface area (Å²) in [5, 5.41) is 3.72. The minimum absolute atomic E-state index is 0.0108. The van der Waals surface area contributed by atoms with Crippen molar-refractivity contribution in [3.8, 4) is 11.5 Å². The van der Waals surface area contributed by atoms with Crippen LogP contribution in [0.25, 0.3) is 0 Å². The number of ether oxygens (including phenoxy) is 2. The molecule has 2 aliphatic carbocycles. The molecule has 0 spiro atoms. The number of nitrogens with zero attached hydrogens (tertiary/aromatic N) is 1. The molecular formula is C34H28BrN3O6S2. The van der Waals surface area contributed by atoms with Crippen molar-refractivity contribution in [1.82, 2.24) is 4.98 Å². The Labute approximate surface area is 280 Å². The monoisotopic (exact) mass is 717 g/mol. The van der Waals surface area contributed by atoms with E-state index in [1.165, 1.54) is 16.2 Å². The Morgan fingerprint density at radius 1 is 0.978 bits per heavy atom. The molecule has 3 aromatic carbocycles. The lowest BCUT2D eigenvalue weighted by Crippen LogP contribution is -2.42. The molecule has 1 aromatic heterocycles. The van der Waals surface area contributed by atoms with E-state index in [-0.39, 0.29) is 64.0 Å². The highest BCUT2D eigenvalue weighted by atomic mass is 79.9. The molecule has 2 N–H and O–H groups in total. The Kier molecular flexibility index (Phi) is 7.34. The third-order valence-electron chi connectivity index (χ3n) is 9.77. The number of rotatable bonds is 7. The van der Waals surface area contributed by atoms with Crippen molar-refractivity contribution in [1.29, 1.82) is 0 Å². The minimum atomic E-state index is -0.393. The van der Waals surface area contributed by atoms with E-state index in [0.29, 0.717) is 22.9 Å². The van der Waals surface area contributed by atoms with Gasteiger partial charge in [-0.2, -0.15) is 0 Å². The van der Waals surface area contributed by atoms with Gasteiger partial charge in [0.1, 0.15) is 0 Å². The molecule has 234 valence electrons. The van der Waals surface area contributed by atoms with Crippen LogP contribution in [0, 0.1) is 29.6 Å². The van der Waals surface area contributed by atoms with Crippen molar-refractivity contribution in [3.63, 3.8) is 0 Å². The van der Waals surface area contributed by atoms with E-state index in [1.807, 2.05) is 42.5 Å². The predicted molar refractivity (Wildman–Crippen MR) is 179 cm³/mol. The topological polar surface area (TPSA) is 118 Å². The molecule has 7 atom stereocenters. The van der Waals surface area contributed by atoms with Crippen molar-refractivity contribution < 1.29 is 23.9 Å². The molecule has 3 heterocycles. The van der Waals surface area contributed by atoms with Gasteiger partial charge in [0.25, 0.3) is 5.91 Å². The number of nitrogens with one attached hydrogen (secondary N) is 2. The number of hydrogen-bond donors (Lipinski definition) is 2. The number of carbonyl (C=O) groups excluding carboxylic acids is 3. The van der Waals surface area contributed by atoms with Crippen LogP contribution < -0.4 is 24.6 Å². The van der Waals surface area contributed by atoms with Gasteiger partial charge in [-0.1, -0.05) is 51.5 Å². The Hall–Kier alpha value is -3.87. The molecule has 6 unspecified atom stereocenters. The standard InChI is InChI=1S/C34H28BrN3O6S2/c1-43-23-13-16(7-12-22(23)44-15-24(39)36-18-5-3-2-4-6-18)25-26-20-14-21(29(26)45-31-30(25)46-34(42)37-31)28-27(20)32(40)38(33(28)41)19-10-8-17(35)9-11-19/h2-13,20-21,25-29H,14-15H2,1H3,(H,36,39)(H,37,42)/t20?,21?,25-,26?,27?,28?,29?/m1/s1. The van der Waals surface area contributed by atoms with Gasteiger partial charge in [0.15, 0.2) is 18.1 Å². The number of imide groups is 1. The molecule has 0 radical (unpaired) electrons. The minimum Gasteiger partial charge on any atom is -0.493 e. The van der Waals surface area contributed by atoms with Crippen LogP contribution in [0.2, 0.25) is 0 Å². The van der Waals surface area contributed by atoms with Gasteiger partial charge in [0.05, 0.1) is 29.7 Å². The fourth-order valence-corrected chi connectivity index (χ4v) is 11.2. The average Bonchev–Trinajstić information content (AvgIpc) is 3.80. The molecular weight excluding hydrogens is 690 g/mol. The fourth-order valence-electron chi connectivity index (χ4n) is 8.09. The maximum absolute atomic E-state index is 14.0. The first-order valence-electron chi connectivity index (χ1n) is 15.0. The summed E-state index contributed by atoms with van der Waals surface area (Å²) in [5.74, 6) is -0.523. The molecule has 3 fully saturated rings. The number of benzene rings is 3. The number of para-hydroxylation sites is 1. The smallest absolute Gasteiger partial charge is 0.305 e. The van der Waals surface area contributed by atoms with Crippen LogP contribution in [-0.4, -0.2) is 41.7 Å². The second-order valence-corrected chi connectivity index (χ2v) is 15.2. The van der Waals surface area contributed by atoms with Crippen molar-refractivity contribution in [2.75, 3.05) is 23.9 Å². The Balaban J connectivity index is 1.10. The van der Waals surface area contributed by atoms with Crippen molar-refractivity contribution in [2.45, 2.75) is 22.6 Å². The summed E-state index contributed by atoms with van der Waals surface area (Å²) in [6, 6.07) is 22.1. The molecule has 12 heteroatoms. The van der Waals surface area contributed by atoms with Crippen LogP contribution in [0.1, 0.15) is 22.8 Å². The maximum Gasteiger partial charge on any atom is 0.305 e. The molecule has 2 bridgehead atoms. The molecule has 2 aliphatic heterocycles. The number of H-pyrrole nitrogens is 1. The second-order valence-electron chi connectivity index (χ2n) is 12.1. The van der Waals surface area contributed by atoms with Crippen LogP contribution in [0.4, 0.5) is 11.4 Å². The van der Waals surface area contributed by atoms with Gasteiger partial charge in [-0.05, 0) is 78.3 Å². The van der Waals surface area contributed by atoms with Gasteiger partial charge in [-0.3, -0.25) is 24.1 Å². The van der Waals surface area contributed by atoms with E-state index in [2.05, 4.69) is 26.2 Å². The van der Waals surface area contributed by atoms with Crippen LogP contribution in [0.3, 0.4) is 0 Å². The van der Waals surface area contributed by atoms with Gasteiger partial charge in [-0.15, -0.1) is 11.8 Å². The number of carbonyl (C=O) groups is 3. The number of thioether (sulfide) groups is 1. The molecule has 8 rings (SSSR count). The molecule has 1 saturated heterocycles. The number of thiazole rings is 1. The Morgan fingerprint density at radius 2 is 1.72 bits per heavy atom. The number of methoxy groups -OCH3 is 1. The SMILES string of the molecule is COc1cc([C@H]2c3sc(=O)[nH]c3SC3C4CC(C5C(=O)N(c6ccc(Br)cc6)C(=O)C45)C32)ccc1OCC(=O)Nc1ccccc1. The summed E-state index contributed by atoms with van der Waals surface area (Å²) in [4.78, 5) is 58.3. The normalized spacial score (nSPS) is 27.3. The lowest BCUT2D eigenvalue weighted by molar-refractivity contribution is -0.123. The summed E-state index contributed by atoms with van der Waals surface area (Å²) >= 11 is 6.30. The van der Waals surface area contributed by atoms with Gasteiger partial charge in [0.2, 0.25) is 11.8 Å². The molecule has 9 nitrogen and oxygen atoms in total. The largest absolute Gasteiger partial charge is 0.493 e. The number of halogens is 1. The summed E-state index contributed by atoms with van der Waals surface area (Å²) in [7, 11) is 1.55. The highest BCUT2D eigenvalue weighted by Gasteiger charge is 2.69. The Bertz CT molecular complexity index is 1930. The molecule has 4 aliphatic rings. The van der Waals surface area contributed by atoms with E-state index in [1.54, 1.807) is 49.2 Å². The zero-order valence-corrected chi connectivity index (χ0v) is 27.7. The highest BCUT2D eigenvalue weighted by molar-refractivity contribution is 9.10. The van der Waals surface area contributed by atoms with E-state index < -0.39 is 5.92 Å². The van der Waals surface area contributed by atoms with Gasteiger partial charge in [0, 0.05) is 26.2 Å². The van der Waals surface area contributed by atoms with Gasteiger partial charge in [-0.25, -0.2) is 0 Å². The molecule has 4 aromatic rings. The number of amides is 3. The third-order valence-corrected chi connectivity index (χ3v) is 12.9. The van der Waals surface area contributed by atoms with Gasteiger partial charge < -0.3 is 19.8 Å². The highest BCUT2D eigenvalue weighted by Crippen LogP contribution is 2.68. The quantitative estimate of drug-likeness (QED) is 0.229. The lowest BCUT2D eigenvalue weighted by atomic mass is 9.68. The van der Waals surface area contributed by atoms with Crippen molar-refractivity contribution >= 4 is 68.1 Å². The first-order valence-corrected chi connectivity index (χ1v) is 17.5. The summed E-state index contributed by atoms with van der Waals surface area (Å²) < 4.78 is 12.5. The van der Waals surface area contributed by atoms with E-state index in [9.17, 15) is 19.2 Å². The van der Waals surface area contributed by atoms with Crippen molar-refractivity contribution in [3.05, 3.63) is 97.4 Å². The van der Waals surface area contributed by atoms with Crippen molar-refractivity contribution in [2.24, 2.45) is 29.6 Å². The average molecular weight is 719 g/mol. The number of aromatic amines is 1. The number of fused-ring (bicyclic) bond motifs is 9. The number of hydrogen-bond acceptors (Lipinski definition) is 8. The second kappa shape index (κ2) is 11.4. The van der Waals surface area contributed by atoms with E-state index >= 15 is 0 Å². The van der Waals surface area contributed by atoms with E-state index in [0.717, 1.165) is 26.4 Å². The Morgan fingerprint density at radius 3 is 2.46 bits per heavy atom. The molecule has 46 heavy (non-hydrogen) atoms. The first kappa shape index (κ1) is 29.5. The zero-order chi connectivity index (χ0) is 31.7. The maximum atomic E-state index is 14.0. The summed E-state index contributed by atoms with van der Waals surface area (Å²) in [5.41, 5.74) is 2.22. The van der Waals surface area contributed by atoms with Gasteiger partial charge >= 0.3 is 4.87 Å². The summed E-state index contributed by atoms with van der Waals surface area (Å²) in [6.07, 6.45) is 0.799. The molecule has 2 saturated carbocycles. The first-order chi connectivity index (χ1) is 22.3.